The minimum atomic E-state index is -0.0762. The maximum absolute atomic E-state index is 12.5. The summed E-state index contributed by atoms with van der Waals surface area (Å²) in [5, 5.41) is 3.76. The van der Waals surface area contributed by atoms with E-state index < -0.39 is 0 Å². The first-order chi connectivity index (χ1) is 13.6. The standard InChI is InChI=1S/C22H26Cl2N2O2/c1-28-17-11-9-16(10-12-17)20-8-3-2-4-14-26(20)15-13-21(27)25-22-18(23)6-5-7-19(22)24/h5-7,9-12,20H,2-4,8,13-15H2,1H3,(H,25,27)/t20-/m1/s1. The van der Waals surface area contributed by atoms with Crippen LogP contribution in [0, 0.1) is 0 Å². The van der Waals surface area contributed by atoms with Crippen molar-refractivity contribution in [2.75, 3.05) is 25.5 Å². The van der Waals surface area contributed by atoms with Gasteiger partial charge in [-0.1, -0.05) is 54.2 Å². The van der Waals surface area contributed by atoms with Crippen molar-refractivity contribution in [2.24, 2.45) is 0 Å². The fourth-order valence-corrected chi connectivity index (χ4v) is 4.20. The number of amides is 1. The topological polar surface area (TPSA) is 41.6 Å². The smallest absolute Gasteiger partial charge is 0.225 e. The Labute approximate surface area is 176 Å². The molecule has 0 saturated carbocycles. The van der Waals surface area contributed by atoms with Gasteiger partial charge in [0, 0.05) is 19.0 Å². The molecular formula is C22H26Cl2N2O2. The van der Waals surface area contributed by atoms with Crippen molar-refractivity contribution in [3.63, 3.8) is 0 Å². The Morgan fingerprint density at radius 1 is 1.11 bits per heavy atom. The number of nitrogens with zero attached hydrogens (tertiary/aromatic N) is 1. The van der Waals surface area contributed by atoms with Gasteiger partial charge in [0.1, 0.15) is 5.75 Å². The molecule has 2 aromatic rings. The van der Waals surface area contributed by atoms with Crippen LogP contribution in [0.1, 0.15) is 43.7 Å². The van der Waals surface area contributed by atoms with Crippen LogP contribution in [-0.2, 0) is 4.79 Å². The minimum Gasteiger partial charge on any atom is -0.497 e. The van der Waals surface area contributed by atoms with Crippen LogP contribution in [0.4, 0.5) is 5.69 Å². The number of halogens is 2. The number of nitrogens with one attached hydrogen (secondary N) is 1. The van der Waals surface area contributed by atoms with Crippen LogP contribution in [0.25, 0.3) is 0 Å². The molecule has 2 aromatic carbocycles. The lowest BCUT2D eigenvalue weighted by atomic mass is 10.0. The molecule has 1 heterocycles. The molecule has 0 radical (unpaired) electrons. The Kier molecular flexibility index (Phi) is 7.60. The number of hydrogen-bond acceptors (Lipinski definition) is 3. The molecule has 1 saturated heterocycles. The highest BCUT2D eigenvalue weighted by molar-refractivity contribution is 6.39. The van der Waals surface area contributed by atoms with Gasteiger partial charge in [0.05, 0.1) is 22.8 Å². The maximum atomic E-state index is 12.5. The number of carbonyl (C=O) groups is 1. The maximum Gasteiger partial charge on any atom is 0.225 e. The summed E-state index contributed by atoms with van der Waals surface area (Å²) < 4.78 is 5.27. The first-order valence-corrected chi connectivity index (χ1v) is 10.5. The van der Waals surface area contributed by atoms with Gasteiger partial charge in [0.25, 0.3) is 0 Å². The van der Waals surface area contributed by atoms with E-state index >= 15 is 0 Å². The molecule has 1 aliphatic heterocycles. The summed E-state index contributed by atoms with van der Waals surface area (Å²) >= 11 is 12.3. The first kappa shape index (κ1) is 21.0. The van der Waals surface area contributed by atoms with E-state index in [1.807, 2.05) is 12.1 Å². The molecule has 3 rings (SSSR count). The van der Waals surface area contributed by atoms with Gasteiger partial charge < -0.3 is 10.1 Å². The second-order valence-electron chi connectivity index (χ2n) is 7.07. The Balaban J connectivity index is 1.65. The van der Waals surface area contributed by atoms with E-state index in [0.29, 0.717) is 34.7 Å². The number of ether oxygens (including phenoxy) is 1. The molecule has 4 nitrogen and oxygen atoms in total. The quantitative estimate of drug-likeness (QED) is 0.627. The highest BCUT2D eigenvalue weighted by Gasteiger charge is 2.23. The number of rotatable bonds is 6. The van der Waals surface area contributed by atoms with Crippen LogP contribution >= 0.6 is 23.2 Å². The van der Waals surface area contributed by atoms with Crippen molar-refractivity contribution in [3.05, 3.63) is 58.1 Å². The summed E-state index contributed by atoms with van der Waals surface area (Å²) in [6.07, 6.45) is 5.09. The zero-order valence-electron chi connectivity index (χ0n) is 16.1. The third-order valence-electron chi connectivity index (χ3n) is 5.22. The molecule has 0 spiro atoms. The molecule has 1 fully saturated rings. The largest absolute Gasteiger partial charge is 0.497 e. The van der Waals surface area contributed by atoms with Crippen LogP contribution in [0.2, 0.25) is 10.0 Å². The van der Waals surface area contributed by atoms with Crippen molar-refractivity contribution >= 4 is 34.8 Å². The number of anilines is 1. The Morgan fingerprint density at radius 2 is 1.82 bits per heavy atom. The highest BCUT2D eigenvalue weighted by atomic mass is 35.5. The van der Waals surface area contributed by atoms with Crippen molar-refractivity contribution < 1.29 is 9.53 Å². The minimum absolute atomic E-state index is 0.0762. The number of carbonyl (C=O) groups excluding carboxylic acids is 1. The molecule has 0 aliphatic carbocycles. The van der Waals surface area contributed by atoms with Gasteiger partial charge in [0.15, 0.2) is 0 Å². The van der Waals surface area contributed by atoms with Crippen LogP contribution in [-0.4, -0.2) is 31.0 Å². The number of methoxy groups -OCH3 is 1. The molecule has 1 atom stereocenters. The number of para-hydroxylation sites is 1. The molecule has 150 valence electrons. The molecule has 0 aromatic heterocycles. The van der Waals surface area contributed by atoms with Gasteiger partial charge in [-0.15, -0.1) is 0 Å². The Morgan fingerprint density at radius 3 is 2.50 bits per heavy atom. The van der Waals surface area contributed by atoms with Crippen LogP contribution in [0.3, 0.4) is 0 Å². The average Bonchev–Trinajstić information content (AvgIpc) is 2.95. The normalized spacial score (nSPS) is 17.8. The van der Waals surface area contributed by atoms with Crippen LogP contribution < -0.4 is 10.1 Å². The van der Waals surface area contributed by atoms with E-state index in [0.717, 1.165) is 25.1 Å². The third kappa shape index (κ3) is 5.40. The average molecular weight is 421 g/mol. The second-order valence-corrected chi connectivity index (χ2v) is 7.88. The van der Waals surface area contributed by atoms with Gasteiger partial charge in [0.2, 0.25) is 5.91 Å². The lowest BCUT2D eigenvalue weighted by Gasteiger charge is -2.30. The Hall–Kier alpha value is -1.75. The van der Waals surface area contributed by atoms with Gasteiger partial charge in [-0.05, 0) is 49.2 Å². The number of likely N-dealkylation sites (tertiary alicyclic amines) is 1. The monoisotopic (exact) mass is 420 g/mol. The molecule has 1 aliphatic rings. The van der Waals surface area contributed by atoms with Crippen LogP contribution in [0.15, 0.2) is 42.5 Å². The van der Waals surface area contributed by atoms with Crippen molar-refractivity contribution in [1.82, 2.24) is 4.90 Å². The molecule has 6 heteroatoms. The number of benzene rings is 2. The van der Waals surface area contributed by atoms with Gasteiger partial charge in [-0.3, -0.25) is 9.69 Å². The van der Waals surface area contributed by atoms with Crippen molar-refractivity contribution in [3.8, 4) is 5.75 Å². The predicted octanol–water partition coefficient (Wildman–Crippen LogP) is 5.95. The van der Waals surface area contributed by atoms with E-state index in [1.165, 1.54) is 18.4 Å². The van der Waals surface area contributed by atoms with E-state index in [-0.39, 0.29) is 5.91 Å². The third-order valence-corrected chi connectivity index (χ3v) is 5.85. The Bertz CT molecular complexity index is 775. The first-order valence-electron chi connectivity index (χ1n) is 9.70. The summed E-state index contributed by atoms with van der Waals surface area (Å²) in [6, 6.07) is 13.8. The number of hydrogen-bond donors (Lipinski definition) is 1. The SMILES string of the molecule is COc1ccc([C@H]2CCCCCN2CCC(=O)Nc2c(Cl)cccc2Cl)cc1. The highest BCUT2D eigenvalue weighted by Crippen LogP contribution is 2.32. The zero-order chi connectivity index (χ0) is 19.9. The van der Waals surface area contributed by atoms with E-state index in [4.69, 9.17) is 27.9 Å². The van der Waals surface area contributed by atoms with Crippen molar-refractivity contribution in [1.29, 1.82) is 0 Å². The molecule has 0 unspecified atom stereocenters. The molecular weight excluding hydrogens is 395 g/mol. The fourth-order valence-electron chi connectivity index (χ4n) is 3.70. The molecule has 0 bridgehead atoms. The summed E-state index contributed by atoms with van der Waals surface area (Å²) in [5.74, 6) is 0.785. The van der Waals surface area contributed by atoms with E-state index in [1.54, 1.807) is 25.3 Å². The van der Waals surface area contributed by atoms with Gasteiger partial charge in [-0.25, -0.2) is 0 Å². The lowest BCUT2D eigenvalue weighted by Crippen LogP contribution is -2.32. The summed E-state index contributed by atoms with van der Waals surface area (Å²) in [7, 11) is 1.68. The van der Waals surface area contributed by atoms with Gasteiger partial charge >= 0.3 is 0 Å². The summed E-state index contributed by atoms with van der Waals surface area (Å²) in [4.78, 5) is 14.9. The second kappa shape index (κ2) is 10.1. The van der Waals surface area contributed by atoms with E-state index in [2.05, 4.69) is 22.3 Å². The summed E-state index contributed by atoms with van der Waals surface area (Å²) in [5.41, 5.74) is 1.76. The molecule has 1 N–H and O–H groups in total. The lowest BCUT2D eigenvalue weighted by molar-refractivity contribution is -0.116. The van der Waals surface area contributed by atoms with E-state index in [9.17, 15) is 4.79 Å². The van der Waals surface area contributed by atoms with Crippen molar-refractivity contribution in [2.45, 2.75) is 38.1 Å². The predicted molar refractivity (Wildman–Crippen MR) is 115 cm³/mol. The molecule has 28 heavy (non-hydrogen) atoms. The van der Waals surface area contributed by atoms with Gasteiger partial charge in [-0.2, -0.15) is 0 Å². The van der Waals surface area contributed by atoms with Crippen LogP contribution in [0.5, 0.6) is 5.75 Å². The zero-order valence-corrected chi connectivity index (χ0v) is 17.6. The molecule has 1 amide bonds. The fraction of sp³-hybridized carbons (Fsp3) is 0.409. The summed E-state index contributed by atoms with van der Waals surface area (Å²) in [6.45, 7) is 1.70.